The number of hydrogen-bond donors (Lipinski definition) is 2. The summed E-state index contributed by atoms with van der Waals surface area (Å²) in [5.41, 5.74) is 4.09. The number of nitrogens with zero attached hydrogens (tertiary/aromatic N) is 4. The lowest BCUT2D eigenvalue weighted by molar-refractivity contribution is -0.384. The average Bonchev–Trinajstić information content (AvgIpc) is 3.34. The normalized spacial score (nSPS) is 11.2. The van der Waals surface area contributed by atoms with Gasteiger partial charge in [0.25, 0.3) is 0 Å². The largest absolute Gasteiger partial charge is 0.475 e. The predicted molar refractivity (Wildman–Crippen MR) is 109 cm³/mol. The predicted octanol–water partition coefficient (Wildman–Crippen LogP) is 3.73. The van der Waals surface area contributed by atoms with E-state index >= 15 is 0 Å². The minimum Gasteiger partial charge on any atom is -0.475 e. The number of rotatable bonds is 7. The lowest BCUT2D eigenvalue weighted by Gasteiger charge is -2.02. The highest BCUT2D eigenvalue weighted by Gasteiger charge is 2.14. The SMILES string of the molecule is O=C(O)c1ccc(Cn2cc(/C=N\Nc3ncccc3[N+](=O)[O-])c3ccccc32)o1. The standard InChI is InChI=1S/C20H15N5O5/c26-20(27)18-8-7-14(30-18)12-24-11-13(15-4-1-2-5-16(15)24)10-22-23-19-17(25(28)29)6-3-9-21-19/h1-11H,12H2,(H,21,23)(H,26,27)/b22-10-. The molecule has 0 spiro atoms. The van der Waals surface area contributed by atoms with E-state index in [0.717, 1.165) is 16.5 Å². The molecule has 0 radical (unpaired) electrons. The Morgan fingerprint density at radius 2 is 2.10 bits per heavy atom. The summed E-state index contributed by atoms with van der Waals surface area (Å²) in [6.07, 6.45) is 4.82. The first-order valence-corrected chi connectivity index (χ1v) is 8.81. The number of furan rings is 1. The van der Waals surface area contributed by atoms with Crippen LogP contribution in [0.15, 0.2) is 70.4 Å². The highest BCUT2D eigenvalue weighted by atomic mass is 16.6. The van der Waals surface area contributed by atoms with Crippen molar-refractivity contribution in [2.24, 2.45) is 5.10 Å². The Bertz CT molecular complexity index is 1270. The van der Waals surface area contributed by atoms with Gasteiger partial charge in [-0.25, -0.2) is 9.78 Å². The molecule has 3 aromatic heterocycles. The van der Waals surface area contributed by atoms with Gasteiger partial charge in [-0.1, -0.05) is 18.2 Å². The molecular weight excluding hydrogens is 390 g/mol. The Labute approximate surface area is 169 Å². The maximum absolute atomic E-state index is 11.1. The van der Waals surface area contributed by atoms with Crippen LogP contribution < -0.4 is 5.43 Å². The number of para-hydroxylation sites is 1. The van der Waals surface area contributed by atoms with E-state index < -0.39 is 10.9 Å². The van der Waals surface area contributed by atoms with Crippen molar-refractivity contribution in [3.63, 3.8) is 0 Å². The number of carboxylic acid groups (broad SMARTS) is 1. The van der Waals surface area contributed by atoms with E-state index in [0.29, 0.717) is 12.3 Å². The van der Waals surface area contributed by atoms with E-state index in [2.05, 4.69) is 15.5 Å². The number of fused-ring (bicyclic) bond motifs is 1. The molecule has 0 aliphatic rings. The lowest BCUT2D eigenvalue weighted by Crippen LogP contribution is -1.99. The Morgan fingerprint density at radius 3 is 2.87 bits per heavy atom. The van der Waals surface area contributed by atoms with E-state index in [9.17, 15) is 14.9 Å². The molecule has 1 aromatic carbocycles. The Balaban J connectivity index is 1.61. The number of anilines is 1. The van der Waals surface area contributed by atoms with Gasteiger partial charge in [-0.05, 0) is 24.3 Å². The van der Waals surface area contributed by atoms with Crippen molar-refractivity contribution >= 4 is 34.6 Å². The molecule has 2 N–H and O–H groups in total. The summed E-state index contributed by atoms with van der Waals surface area (Å²) in [6.45, 7) is 0.334. The van der Waals surface area contributed by atoms with Crippen LogP contribution >= 0.6 is 0 Å². The van der Waals surface area contributed by atoms with E-state index in [1.807, 2.05) is 35.0 Å². The van der Waals surface area contributed by atoms with E-state index in [1.165, 1.54) is 24.4 Å². The second-order valence-electron chi connectivity index (χ2n) is 6.30. The van der Waals surface area contributed by atoms with Crippen LogP contribution in [0.2, 0.25) is 0 Å². The van der Waals surface area contributed by atoms with Crippen molar-refractivity contribution in [2.45, 2.75) is 6.54 Å². The van der Waals surface area contributed by atoms with Crippen LogP contribution in [0.1, 0.15) is 21.9 Å². The fourth-order valence-corrected chi connectivity index (χ4v) is 3.05. The molecule has 0 bridgehead atoms. The zero-order valence-electron chi connectivity index (χ0n) is 15.4. The molecule has 0 amide bonds. The molecule has 0 aliphatic heterocycles. The van der Waals surface area contributed by atoms with Crippen molar-refractivity contribution in [1.29, 1.82) is 0 Å². The van der Waals surface area contributed by atoms with Crippen molar-refractivity contribution < 1.29 is 19.2 Å². The van der Waals surface area contributed by atoms with Gasteiger partial charge in [-0.3, -0.25) is 15.5 Å². The Morgan fingerprint density at radius 1 is 1.27 bits per heavy atom. The molecule has 4 rings (SSSR count). The van der Waals surface area contributed by atoms with E-state index in [1.54, 1.807) is 12.3 Å². The zero-order valence-corrected chi connectivity index (χ0v) is 15.4. The summed E-state index contributed by atoms with van der Waals surface area (Å²) in [4.78, 5) is 25.5. The van der Waals surface area contributed by atoms with Crippen molar-refractivity contribution in [3.8, 4) is 0 Å². The first kappa shape index (κ1) is 18.9. The molecule has 30 heavy (non-hydrogen) atoms. The lowest BCUT2D eigenvalue weighted by atomic mass is 10.2. The maximum Gasteiger partial charge on any atom is 0.371 e. The van der Waals surface area contributed by atoms with Gasteiger partial charge in [0.2, 0.25) is 11.6 Å². The topological polar surface area (TPSA) is 136 Å². The smallest absolute Gasteiger partial charge is 0.371 e. The highest BCUT2D eigenvalue weighted by Crippen LogP contribution is 2.23. The summed E-state index contributed by atoms with van der Waals surface area (Å²) in [5.74, 6) is -0.705. The molecule has 10 nitrogen and oxygen atoms in total. The van der Waals surface area contributed by atoms with Crippen LogP contribution in [-0.4, -0.2) is 31.8 Å². The molecule has 0 atom stereocenters. The molecule has 0 saturated carbocycles. The fourth-order valence-electron chi connectivity index (χ4n) is 3.05. The number of nitrogens with one attached hydrogen (secondary N) is 1. The second-order valence-corrected chi connectivity index (χ2v) is 6.30. The van der Waals surface area contributed by atoms with Crippen molar-refractivity contribution in [1.82, 2.24) is 9.55 Å². The van der Waals surface area contributed by atoms with Gasteiger partial charge in [0.15, 0.2) is 0 Å². The van der Waals surface area contributed by atoms with Gasteiger partial charge in [0, 0.05) is 34.9 Å². The van der Waals surface area contributed by atoms with Crippen LogP contribution in [-0.2, 0) is 6.54 Å². The third kappa shape index (κ3) is 3.74. The fraction of sp³-hybridized carbons (Fsp3) is 0.0500. The summed E-state index contributed by atoms with van der Waals surface area (Å²) in [7, 11) is 0. The van der Waals surface area contributed by atoms with Gasteiger partial charge in [0.05, 0.1) is 17.7 Å². The Hall–Kier alpha value is -4.47. The molecule has 0 aliphatic carbocycles. The van der Waals surface area contributed by atoms with Gasteiger partial charge in [0.1, 0.15) is 5.76 Å². The first-order valence-electron chi connectivity index (χ1n) is 8.81. The van der Waals surface area contributed by atoms with Crippen LogP contribution in [0, 0.1) is 10.1 Å². The van der Waals surface area contributed by atoms with Gasteiger partial charge >= 0.3 is 11.7 Å². The summed E-state index contributed by atoms with van der Waals surface area (Å²) < 4.78 is 7.25. The molecule has 3 heterocycles. The minimum atomic E-state index is -1.12. The van der Waals surface area contributed by atoms with E-state index in [-0.39, 0.29) is 17.3 Å². The molecule has 10 heteroatoms. The number of pyridine rings is 1. The van der Waals surface area contributed by atoms with Gasteiger partial charge in [-0.15, -0.1) is 0 Å². The average molecular weight is 405 g/mol. The summed E-state index contributed by atoms with van der Waals surface area (Å²) in [5, 5.41) is 25.1. The number of carboxylic acids is 1. The third-order valence-corrected chi connectivity index (χ3v) is 4.38. The summed E-state index contributed by atoms with van der Waals surface area (Å²) >= 11 is 0. The molecule has 150 valence electrons. The van der Waals surface area contributed by atoms with Gasteiger partial charge in [-0.2, -0.15) is 5.10 Å². The number of aromatic carboxylic acids is 1. The van der Waals surface area contributed by atoms with Crippen LogP contribution in [0.4, 0.5) is 11.5 Å². The zero-order chi connectivity index (χ0) is 21.1. The number of carbonyl (C=O) groups is 1. The second kappa shape index (κ2) is 7.87. The maximum atomic E-state index is 11.1. The monoisotopic (exact) mass is 405 g/mol. The van der Waals surface area contributed by atoms with Gasteiger partial charge < -0.3 is 14.1 Å². The number of nitro groups is 1. The molecule has 0 saturated heterocycles. The van der Waals surface area contributed by atoms with Crippen molar-refractivity contribution in [3.05, 3.63) is 88.1 Å². The Kier molecular flexibility index (Phi) is 4.95. The van der Waals surface area contributed by atoms with Crippen LogP contribution in [0.5, 0.6) is 0 Å². The quantitative estimate of drug-likeness (QED) is 0.272. The molecular formula is C20H15N5O5. The summed E-state index contributed by atoms with van der Waals surface area (Å²) in [6, 6.07) is 13.5. The van der Waals surface area contributed by atoms with E-state index in [4.69, 9.17) is 9.52 Å². The van der Waals surface area contributed by atoms with Crippen LogP contribution in [0.3, 0.4) is 0 Å². The molecule has 0 unspecified atom stereocenters. The molecule has 4 aromatic rings. The third-order valence-electron chi connectivity index (χ3n) is 4.38. The van der Waals surface area contributed by atoms with Crippen molar-refractivity contribution in [2.75, 3.05) is 5.43 Å². The first-order chi connectivity index (χ1) is 14.5. The number of hydrazone groups is 1. The highest BCUT2D eigenvalue weighted by molar-refractivity contribution is 5.99. The van der Waals surface area contributed by atoms with Crippen LogP contribution in [0.25, 0.3) is 10.9 Å². The number of benzene rings is 1. The minimum absolute atomic E-state index is 0.0410. The number of aromatic nitrogens is 2. The molecule has 0 fully saturated rings. The number of hydrogen-bond acceptors (Lipinski definition) is 7.